The number of anilines is 3. The monoisotopic (exact) mass is 294 g/mol. The molecule has 4 nitrogen and oxygen atoms in total. The summed E-state index contributed by atoms with van der Waals surface area (Å²) in [6, 6.07) is 7.94. The van der Waals surface area contributed by atoms with Crippen molar-refractivity contribution >= 4 is 33.1 Å². The molecule has 1 aromatic heterocycles. The van der Waals surface area contributed by atoms with E-state index in [1.165, 1.54) is 0 Å². The van der Waals surface area contributed by atoms with Crippen molar-refractivity contribution in [1.82, 2.24) is 9.78 Å². The Hall–Kier alpha value is -1.49. The summed E-state index contributed by atoms with van der Waals surface area (Å²) in [4.78, 5) is 0. The summed E-state index contributed by atoms with van der Waals surface area (Å²) < 4.78 is 2.83. The summed E-state index contributed by atoms with van der Waals surface area (Å²) in [5.74, 6) is 0.837. The second-order valence-corrected chi connectivity index (χ2v) is 4.73. The molecular weight excluding hydrogens is 280 g/mol. The van der Waals surface area contributed by atoms with Crippen LogP contribution in [0.3, 0.4) is 0 Å². The number of aryl methyl sites for hydroxylation is 2. The molecular formula is C12H15BrN4. The van der Waals surface area contributed by atoms with Gasteiger partial charge < -0.3 is 11.1 Å². The minimum atomic E-state index is 0.720. The third kappa shape index (κ3) is 2.44. The van der Waals surface area contributed by atoms with Crippen molar-refractivity contribution < 1.29 is 0 Å². The Bertz CT molecular complexity index is 516. The van der Waals surface area contributed by atoms with E-state index in [-0.39, 0.29) is 0 Å². The van der Waals surface area contributed by atoms with Crippen LogP contribution in [0.15, 0.2) is 28.7 Å². The molecule has 5 heteroatoms. The largest absolute Gasteiger partial charge is 0.394 e. The van der Waals surface area contributed by atoms with Crippen molar-refractivity contribution in [3.05, 3.63) is 34.4 Å². The maximum atomic E-state index is 6.04. The minimum absolute atomic E-state index is 0.720. The molecule has 2 rings (SSSR count). The molecule has 90 valence electrons. The van der Waals surface area contributed by atoms with Gasteiger partial charge in [0.15, 0.2) is 5.82 Å². The minimum Gasteiger partial charge on any atom is -0.394 e. The number of nitrogen functional groups attached to an aromatic ring is 1. The lowest BCUT2D eigenvalue weighted by molar-refractivity contribution is 0.753. The fraction of sp³-hybridized carbons (Fsp3) is 0.250. The Morgan fingerprint density at radius 3 is 2.53 bits per heavy atom. The van der Waals surface area contributed by atoms with Crippen LogP contribution in [0, 0.1) is 0 Å². The number of hydrogen-bond donors (Lipinski definition) is 2. The number of halogens is 1. The van der Waals surface area contributed by atoms with Gasteiger partial charge in [0, 0.05) is 17.2 Å². The molecule has 0 aliphatic rings. The van der Waals surface area contributed by atoms with Crippen LogP contribution in [0.1, 0.15) is 12.6 Å². The maximum absolute atomic E-state index is 6.04. The zero-order valence-electron chi connectivity index (χ0n) is 9.87. The van der Waals surface area contributed by atoms with E-state index in [4.69, 9.17) is 5.73 Å². The van der Waals surface area contributed by atoms with Crippen molar-refractivity contribution in [3.63, 3.8) is 0 Å². The van der Waals surface area contributed by atoms with Crippen LogP contribution in [0.2, 0.25) is 0 Å². The number of aromatic nitrogens is 2. The van der Waals surface area contributed by atoms with Gasteiger partial charge in [-0.3, -0.25) is 4.68 Å². The molecule has 0 saturated heterocycles. The first kappa shape index (κ1) is 12.0. The van der Waals surface area contributed by atoms with Crippen LogP contribution in [-0.2, 0) is 13.5 Å². The first-order valence-electron chi connectivity index (χ1n) is 5.45. The van der Waals surface area contributed by atoms with Crippen molar-refractivity contribution in [2.24, 2.45) is 7.05 Å². The molecule has 0 aliphatic carbocycles. The van der Waals surface area contributed by atoms with E-state index in [9.17, 15) is 0 Å². The van der Waals surface area contributed by atoms with E-state index in [0.29, 0.717) is 0 Å². The van der Waals surface area contributed by atoms with Gasteiger partial charge in [-0.25, -0.2) is 0 Å². The smallest absolute Gasteiger partial charge is 0.152 e. The normalized spacial score (nSPS) is 10.5. The van der Waals surface area contributed by atoms with E-state index in [1.54, 1.807) is 4.68 Å². The second-order valence-electron chi connectivity index (χ2n) is 3.82. The predicted molar refractivity (Wildman–Crippen MR) is 74.4 cm³/mol. The number of hydrogen-bond acceptors (Lipinski definition) is 3. The van der Waals surface area contributed by atoms with Crippen molar-refractivity contribution in [2.75, 3.05) is 11.1 Å². The maximum Gasteiger partial charge on any atom is 0.152 e. The van der Waals surface area contributed by atoms with Gasteiger partial charge in [0.2, 0.25) is 0 Å². The van der Waals surface area contributed by atoms with E-state index in [1.807, 2.05) is 38.2 Å². The second kappa shape index (κ2) is 4.79. The van der Waals surface area contributed by atoms with E-state index < -0.39 is 0 Å². The van der Waals surface area contributed by atoms with E-state index in [2.05, 4.69) is 26.3 Å². The third-order valence-corrected chi connectivity index (χ3v) is 3.13. The first-order chi connectivity index (χ1) is 8.11. The Morgan fingerprint density at radius 2 is 2.00 bits per heavy atom. The Kier molecular flexibility index (Phi) is 3.38. The predicted octanol–water partition coefficient (Wildman–Crippen LogP) is 3.07. The Labute approximate surface area is 109 Å². The zero-order valence-corrected chi connectivity index (χ0v) is 11.5. The number of nitrogens with one attached hydrogen (secondary N) is 1. The van der Waals surface area contributed by atoms with Crippen LogP contribution in [0.25, 0.3) is 0 Å². The van der Waals surface area contributed by atoms with Gasteiger partial charge >= 0.3 is 0 Å². The molecule has 17 heavy (non-hydrogen) atoms. The standard InChI is InChI=1S/C12H15BrN4/c1-3-10-11(14)12(17(2)16-10)15-9-6-4-8(13)5-7-9/h4-7,15H,3,14H2,1-2H3. The highest BCUT2D eigenvalue weighted by molar-refractivity contribution is 9.10. The van der Waals surface area contributed by atoms with Gasteiger partial charge in [0.1, 0.15) is 0 Å². The molecule has 0 unspecified atom stereocenters. The molecule has 2 aromatic rings. The lowest BCUT2D eigenvalue weighted by atomic mass is 10.3. The van der Waals surface area contributed by atoms with Gasteiger partial charge in [0.05, 0.1) is 11.4 Å². The van der Waals surface area contributed by atoms with Gasteiger partial charge in [-0.2, -0.15) is 5.10 Å². The average Bonchev–Trinajstić information content (AvgIpc) is 2.59. The fourth-order valence-corrected chi connectivity index (χ4v) is 1.94. The summed E-state index contributed by atoms with van der Waals surface area (Å²) in [7, 11) is 1.89. The topological polar surface area (TPSA) is 55.9 Å². The van der Waals surface area contributed by atoms with Crippen LogP contribution >= 0.6 is 15.9 Å². The Balaban J connectivity index is 2.29. The first-order valence-corrected chi connectivity index (χ1v) is 6.25. The summed E-state index contributed by atoms with van der Waals surface area (Å²) in [6.07, 6.45) is 0.835. The number of nitrogens with zero attached hydrogens (tertiary/aromatic N) is 2. The quantitative estimate of drug-likeness (QED) is 0.915. The highest BCUT2D eigenvalue weighted by Crippen LogP contribution is 2.26. The van der Waals surface area contributed by atoms with Crippen LogP contribution in [0.4, 0.5) is 17.2 Å². The highest BCUT2D eigenvalue weighted by atomic mass is 79.9. The molecule has 1 heterocycles. The SMILES string of the molecule is CCc1nn(C)c(Nc2ccc(Br)cc2)c1N. The number of rotatable bonds is 3. The van der Waals surface area contributed by atoms with Gasteiger partial charge in [-0.05, 0) is 30.7 Å². The lowest BCUT2D eigenvalue weighted by Gasteiger charge is -2.07. The van der Waals surface area contributed by atoms with E-state index >= 15 is 0 Å². The fourth-order valence-electron chi connectivity index (χ4n) is 1.68. The summed E-state index contributed by atoms with van der Waals surface area (Å²) in [5, 5.41) is 7.64. The van der Waals surface area contributed by atoms with Crippen molar-refractivity contribution in [2.45, 2.75) is 13.3 Å². The molecule has 0 fully saturated rings. The molecule has 0 amide bonds. The molecule has 1 aromatic carbocycles. The lowest BCUT2D eigenvalue weighted by Crippen LogP contribution is -2.01. The van der Waals surface area contributed by atoms with E-state index in [0.717, 1.165) is 33.8 Å². The van der Waals surface area contributed by atoms with Crippen molar-refractivity contribution in [3.8, 4) is 0 Å². The Morgan fingerprint density at radius 1 is 1.35 bits per heavy atom. The van der Waals surface area contributed by atoms with Crippen LogP contribution in [0.5, 0.6) is 0 Å². The van der Waals surface area contributed by atoms with Gasteiger partial charge in [0.25, 0.3) is 0 Å². The molecule has 3 N–H and O–H groups in total. The number of nitrogens with two attached hydrogens (primary N) is 1. The van der Waals surface area contributed by atoms with Crippen LogP contribution < -0.4 is 11.1 Å². The molecule has 0 saturated carbocycles. The molecule has 0 atom stereocenters. The molecule has 0 spiro atoms. The van der Waals surface area contributed by atoms with Gasteiger partial charge in [-0.1, -0.05) is 22.9 Å². The third-order valence-electron chi connectivity index (χ3n) is 2.60. The summed E-state index contributed by atoms with van der Waals surface area (Å²) in [6.45, 7) is 2.04. The molecule has 0 aliphatic heterocycles. The van der Waals surface area contributed by atoms with Crippen LogP contribution in [-0.4, -0.2) is 9.78 Å². The molecule has 0 radical (unpaired) electrons. The van der Waals surface area contributed by atoms with Crippen molar-refractivity contribution in [1.29, 1.82) is 0 Å². The molecule has 0 bridgehead atoms. The number of benzene rings is 1. The average molecular weight is 295 g/mol. The highest BCUT2D eigenvalue weighted by Gasteiger charge is 2.11. The zero-order chi connectivity index (χ0) is 12.4. The van der Waals surface area contributed by atoms with Gasteiger partial charge in [-0.15, -0.1) is 0 Å². The summed E-state index contributed by atoms with van der Waals surface area (Å²) >= 11 is 3.41. The summed E-state index contributed by atoms with van der Waals surface area (Å²) in [5.41, 5.74) is 8.67.